The van der Waals surface area contributed by atoms with Gasteiger partial charge >= 0.3 is 0 Å². The molecule has 3 heteroatoms. The summed E-state index contributed by atoms with van der Waals surface area (Å²) in [6, 6.07) is 7.31. The molecule has 0 amide bonds. The molecular formula is C12H12ClNO. The number of hydrogen-bond donors (Lipinski definition) is 2. The fourth-order valence-corrected chi connectivity index (χ4v) is 1.88. The number of H-pyrrole nitrogens is 1. The lowest BCUT2D eigenvalue weighted by molar-refractivity contribution is 0.475. The SMILES string of the molecule is Cc1cc(-c2ccc(O)c(Cl)c2)c(C)[nH]1. The molecule has 0 radical (unpaired) electrons. The summed E-state index contributed by atoms with van der Waals surface area (Å²) < 4.78 is 0. The highest BCUT2D eigenvalue weighted by molar-refractivity contribution is 6.32. The summed E-state index contributed by atoms with van der Waals surface area (Å²) in [4.78, 5) is 3.23. The van der Waals surface area contributed by atoms with Gasteiger partial charge in [0, 0.05) is 17.0 Å². The van der Waals surface area contributed by atoms with Crippen molar-refractivity contribution in [2.24, 2.45) is 0 Å². The summed E-state index contributed by atoms with van der Waals surface area (Å²) in [6.07, 6.45) is 0. The highest BCUT2D eigenvalue weighted by Gasteiger charge is 2.06. The standard InChI is InChI=1S/C12H12ClNO/c1-7-5-10(8(2)14-7)9-3-4-12(15)11(13)6-9/h3-6,14-15H,1-2H3. The molecule has 1 aromatic carbocycles. The van der Waals surface area contributed by atoms with Crippen molar-refractivity contribution >= 4 is 11.6 Å². The second-order valence-electron chi connectivity index (χ2n) is 3.66. The Kier molecular flexibility index (Phi) is 2.45. The van der Waals surface area contributed by atoms with E-state index in [4.69, 9.17) is 11.6 Å². The summed E-state index contributed by atoms with van der Waals surface area (Å²) in [5, 5.41) is 9.71. The van der Waals surface area contributed by atoms with E-state index in [-0.39, 0.29) is 5.75 Å². The van der Waals surface area contributed by atoms with Crippen LogP contribution in [0, 0.1) is 13.8 Å². The van der Waals surface area contributed by atoms with Gasteiger partial charge in [0.05, 0.1) is 5.02 Å². The van der Waals surface area contributed by atoms with Crippen LogP contribution in [0.5, 0.6) is 5.75 Å². The number of aromatic hydroxyl groups is 1. The van der Waals surface area contributed by atoms with Crippen LogP contribution in [0.25, 0.3) is 11.1 Å². The van der Waals surface area contributed by atoms with Crippen molar-refractivity contribution in [2.75, 3.05) is 0 Å². The lowest BCUT2D eigenvalue weighted by atomic mass is 10.1. The van der Waals surface area contributed by atoms with Crippen molar-refractivity contribution in [3.05, 3.63) is 40.7 Å². The Hall–Kier alpha value is -1.41. The predicted octanol–water partition coefficient (Wildman–Crippen LogP) is 3.66. The minimum absolute atomic E-state index is 0.116. The molecule has 2 N–H and O–H groups in total. The quantitative estimate of drug-likeness (QED) is 0.758. The van der Waals surface area contributed by atoms with E-state index < -0.39 is 0 Å². The first-order valence-electron chi connectivity index (χ1n) is 4.73. The minimum Gasteiger partial charge on any atom is -0.506 e. The Bertz CT molecular complexity index is 502. The number of phenols is 1. The van der Waals surface area contributed by atoms with Crippen molar-refractivity contribution in [2.45, 2.75) is 13.8 Å². The first-order valence-corrected chi connectivity index (χ1v) is 5.11. The summed E-state index contributed by atoms with van der Waals surface area (Å²) in [7, 11) is 0. The number of aromatic nitrogens is 1. The van der Waals surface area contributed by atoms with Crippen LogP contribution in [0.2, 0.25) is 5.02 Å². The molecule has 0 aliphatic rings. The van der Waals surface area contributed by atoms with Crippen LogP contribution < -0.4 is 0 Å². The third-order valence-corrected chi connectivity index (χ3v) is 2.71. The van der Waals surface area contributed by atoms with Gasteiger partial charge in [-0.3, -0.25) is 0 Å². The summed E-state index contributed by atoms with van der Waals surface area (Å²) >= 11 is 5.86. The number of phenolic OH excluding ortho intramolecular Hbond substituents is 1. The Morgan fingerprint density at radius 2 is 1.93 bits per heavy atom. The van der Waals surface area contributed by atoms with Gasteiger partial charge in [-0.25, -0.2) is 0 Å². The number of benzene rings is 1. The second kappa shape index (κ2) is 3.63. The molecule has 15 heavy (non-hydrogen) atoms. The molecule has 1 aromatic heterocycles. The molecule has 0 atom stereocenters. The maximum Gasteiger partial charge on any atom is 0.134 e. The van der Waals surface area contributed by atoms with Crippen molar-refractivity contribution in [3.63, 3.8) is 0 Å². The highest BCUT2D eigenvalue weighted by Crippen LogP contribution is 2.31. The number of rotatable bonds is 1. The van der Waals surface area contributed by atoms with Gasteiger partial charge in [0.1, 0.15) is 5.75 Å². The molecule has 0 saturated carbocycles. The third-order valence-electron chi connectivity index (χ3n) is 2.41. The van der Waals surface area contributed by atoms with Crippen molar-refractivity contribution in [1.82, 2.24) is 4.98 Å². The van der Waals surface area contributed by atoms with E-state index in [1.807, 2.05) is 19.9 Å². The van der Waals surface area contributed by atoms with E-state index in [1.54, 1.807) is 12.1 Å². The van der Waals surface area contributed by atoms with E-state index in [0.29, 0.717) is 5.02 Å². The van der Waals surface area contributed by atoms with Crippen molar-refractivity contribution < 1.29 is 5.11 Å². The Labute approximate surface area is 93.5 Å². The van der Waals surface area contributed by atoms with Crippen LogP contribution in [0.3, 0.4) is 0 Å². The average Bonchev–Trinajstić information content (AvgIpc) is 2.50. The molecule has 0 spiro atoms. The zero-order valence-corrected chi connectivity index (χ0v) is 9.39. The second-order valence-corrected chi connectivity index (χ2v) is 4.06. The molecule has 0 aliphatic carbocycles. The first kappa shape index (κ1) is 10.1. The van der Waals surface area contributed by atoms with E-state index in [0.717, 1.165) is 22.5 Å². The third kappa shape index (κ3) is 1.85. The van der Waals surface area contributed by atoms with E-state index in [2.05, 4.69) is 11.1 Å². The molecule has 0 saturated heterocycles. The summed E-state index contributed by atoms with van der Waals surface area (Å²) in [6.45, 7) is 4.03. The van der Waals surface area contributed by atoms with E-state index in [9.17, 15) is 5.11 Å². The smallest absolute Gasteiger partial charge is 0.134 e. The van der Waals surface area contributed by atoms with Crippen LogP contribution in [0.15, 0.2) is 24.3 Å². The molecule has 0 unspecified atom stereocenters. The van der Waals surface area contributed by atoms with Crippen LogP contribution in [-0.4, -0.2) is 10.1 Å². The zero-order chi connectivity index (χ0) is 11.0. The molecule has 78 valence electrons. The first-order chi connectivity index (χ1) is 7.08. The average molecular weight is 222 g/mol. The van der Waals surface area contributed by atoms with Gasteiger partial charge in [-0.05, 0) is 37.6 Å². The van der Waals surface area contributed by atoms with Gasteiger partial charge < -0.3 is 10.1 Å². The highest BCUT2D eigenvalue weighted by atomic mass is 35.5. The zero-order valence-electron chi connectivity index (χ0n) is 8.63. The fraction of sp³-hybridized carbons (Fsp3) is 0.167. The number of nitrogens with one attached hydrogen (secondary N) is 1. The van der Waals surface area contributed by atoms with Crippen LogP contribution in [0.1, 0.15) is 11.4 Å². The van der Waals surface area contributed by atoms with Gasteiger partial charge in [0.15, 0.2) is 0 Å². The van der Waals surface area contributed by atoms with Crippen LogP contribution in [-0.2, 0) is 0 Å². The summed E-state index contributed by atoms with van der Waals surface area (Å²) in [5.74, 6) is 0.116. The minimum atomic E-state index is 0.116. The van der Waals surface area contributed by atoms with E-state index >= 15 is 0 Å². The molecule has 2 rings (SSSR count). The number of aromatic amines is 1. The number of hydrogen-bond acceptors (Lipinski definition) is 1. The van der Waals surface area contributed by atoms with Gasteiger partial charge in [0.2, 0.25) is 0 Å². The lowest BCUT2D eigenvalue weighted by Gasteiger charge is -2.02. The van der Waals surface area contributed by atoms with Gasteiger partial charge in [-0.2, -0.15) is 0 Å². The normalized spacial score (nSPS) is 10.6. The number of halogens is 1. The lowest BCUT2D eigenvalue weighted by Crippen LogP contribution is -1.79. The van der Waals surface area contributed by atoms with Crippen molar-refractivity contribution in [3.8, 4) is 16.9 Å². The predicted molar refractivity (Wildman–Crippen MR) is 62.4 cm³/mol. The summed E-state index contributed by atoms with van der Waals surface area (Å²) in [5.41, 5.74) is 4.36. The van der Waals surface area contributed by atoms with Gasteiger partial charge in [-0.15, -0.1) is 0 Å². The maximum absolute atomic E-state index is 9.33. The Balaban J connectivity index is 2.54. The Morgan fingerprint density at radius 3 is 2.47 bits per heavy atom. The molecule has 0 fully saturated rings. The van der Waals surface area contributed by atoms with Crippen LogP contribution in [0.4, 0.5) is 0 Å². The van der Waals surface area contributed by atoms with Crippen LogP contribution >= 0.6 is 11.6 Å². The number of aryl methyl sites for hydroxylation is 2. The molecule has 0 aliphatic heterocycles. The molecule has 1 heterocycles. The molecule has 2 aromatic rings. The maximum atomic E-state index is 9.33. The Morgan fingerprint density at radius 1 is 1.20 bits per heavy atom. The van der Waals surface area contributed by atoms with Crippen molar-refractivity contribution in [1.29, 1.82) is 0 Å². The fourth-order valence-electron chi connectivity index (χ4n) is 1.70. The topological polar surface area (TPSA) is 36.0 Å². The molecule has 2 nitrogen and oxygen atoms in total. The van der Waals surface area contributed by atoms with Gasteiger partial charge in [-0.1, -0.05) is 17.7 Å². The molecule has 0 bridgehead atoms. The largest absolute Gasteiger partial charge is 0.506 e. The monoisotopic (exact) mass is 221 g/mol. The molecular weight excluding hydrogens is 210 g/mol. The van der Waals surface area contributed by atoms with E-state index in [1.165, 1.54) is 0 Å². The van der Waals surface area contributed by atoms with Gasteiger partial charge in [0.25, 0.3) is 0 Å².